The second kappa shape index (κ2) is 5.85. The molecule has 0 saturated carbocycles. The van der Waals surface area contributed by atoms with Crippen LogP contribution in [0.5, 0.6) is 0 Å². The van der Waals surface area contributed by atoms with E-state index in [0.717, 1.165) is 25.7 Å². The average molecular weight is 213 g/mol. The first-order valence-electron chi connectivity index (χ1n) is 5.62. The van der Waals surface area contributed by atoms with E-state index in [1.54, 1.807) is 6.92 Å². The van der Waals surface area contributed by atoms with Gasteiger partial charge in [-0.2, -0.15) is 0 Å². The number of unbranched alkanes of at least 4 members (excludes halogenated alkanes) is 3. The van der Waals surface area contributed by atoms with Crippen molar-refractivity contribution in [1.29, 1.82) is 0 Å². The van der Waals surface area contributed by atoms with Gasteiger partial charge in [-0.15, -0.1) is 0 Å². The Morgan fingerprint density at radius 1 is 1.27 bits per heavy atom. The second-order valence-corrected chi connectivity index (χ2v) is 4.13. The van der Waals surface area contributed by atoms with Crippen LogP contribution < -0.4 is 0 Å². The van der Waals surface area contributed by atoms with E-state index < -0.39 is 0 Å². The summed E-state index contributed by atoms with van der Waals surface area (Å²) in [5, 5.41) is 8.58. The van der Waals surface area contributed by atoms with Crippen molar-refractivity contribution in [2.75, 3.05) is 13.2 Å². The van der Waals surface area contributed by atoms with Crippen LogP contribution in [0.2, 0.25) is 0 Å². The van der Waals surface area contributed by atoms with Gasteiger partial charge in [-0.3, -0.25) is 14.5 Å². The summed E-state index contributed by atoms with van der Waals surface area (Å²) < 4.78 is 0. The molecule has 1 atom stereocenters. The number of likely N-dealkylation sites (tertiary alicyclic amines) is 1. The Hall–Kier alpha value is -0.900. The quantitative estimate of drug-likeness (QED) is 0.527. The smallest absolute Gasteiger partial charge is 0.232 e. The number of hydrogen-bond acceptors (Lipinski definition) is 3. The summed E-state index contributed by atoms with van der Waals surface area (Å²) in [6.45, 7) is 2.57. The molecule has 1 aliphatic heterocycles. The highest BCUT2D eigenvalue weighted by Crippen LogP contribution is 2.19. The SMILES string of the molecule is CC1CC(=O)N(CCCCCCO)C1=O. The Morgan fingerprint density at radius 3 is 2.47 bits per heavy atom. The van der Waals surface area contributed by atoms with Crippen LogP contribution in [0, 0.1) is 5.92 Å². The van der Waals surface area contributed by atoms with Crippen molar-refractivity contribution in [3.63, 3.8) is 0 Å². The number of rotatable bonds is 6. The summed E-state index contributed by atoms with van der Waals surface area (Å²) in [6, 6.07) is 0. The normalized spacial score (nSPS) is 21.5. The number of nitrogens with zero attached hydrogens (tertiary/aromatic N) is 1. The Labute approximate surface area is 90.3 Å². The third-order valence-corrected chi connectivity index (χ3v) is 2.76. The molecule has 0 aromatic carbocycles. The summed E-state index contributed by atoms with van der Waals surface area (Å²) in [6.07, 6.45) is 3.95. The lowest BCUT2D eigenvalue weighted by Crippen LogP contribution is -2.31. The maximum atomic E-state index is 11.5. The lowest BCUT2D eigenvalue weighted by molar-refractivity contribution is -0.139. The van der Waals surface area contributed by atoms with Crippen molar-refractivity contribution in [1.82, 2.24) is 4.90 Å². The molecule has 4 heteroatoms. The predicted molar refractivity (Wildman–Crippen MR) is 56.1 cm³/mol. The number of imide groups is 1. The number of hydrogen-bond donors (Lipinski definition) is 1. The van der Waals surface area contributed by atoms with Gasteiger partial charge in [-0.25, -0.2) is 0 Å². The molecule has 1 fully saturated rings. The van der Waals surface area contributed by atoms with Crippen LogP contribution in [-0.4, -0.2) is 35.0 Å². The molecule has 1 unspecified atom stereocenters. The highest BCUT2D eigenvalue weighted by molar-refractivity contribution is 6.03. The third-order valence-electron chi connectivity index (χ3n) is 2.76. The Bertz CT molecular complexity index is 240. The van der Waals surface area contributed by atoms with E-state index in [9.17, 15) is 9.59 Å². The van der Waals surface area contributed by atoms with Crippen LogP contribution in [0.3, 0.4) is 0 Å². The zero-order valence-corrected chi connectivity index (χ0v) is 9.24. The van der Waals surface area contributed by atoms with Gasteiger partial charge in [-0.1, -0.05) is 19.8 Å². The van der Waals surface area contributed by atoms with Gasteiger partial charge in [0.15, 0.2) is 0 Å². The van der Waals surface area contributed by atoms with Gasteiger partial charge in [0.1, 0.15) is 0 Å². The van der Waals surface area contributed by atoms with Crippen molar-refractivity contribution in [3.05, 3.63) is 0 Å². The predicted octanol–water partition coefficient (Wildman–Crippen LogP) is 0.934. The average Bonchev–Trinajstić information content (AvgIpc) is 2.44. The molecule has 15 heavy (non-hydrogen) atoms. The van der Waals surface area contributed by atoms with Gasteiger partial charge >= 0.3 is 0 Å². The molecule has 4 nitrogen and oxygen atoms in total. The zero-order valence-electron chi connectivity index (χ0n) is 9.24. The molecule has 1 aliphatic rings. The standard InChI is InChI=1S/C11H19NO3/c1-9-8-10(14)12(11(9)15)6-4-2-3-5-7-13/h9,13H,2-8H2,1H3. The molecule has 0 aliphatic carbocycles. The maximum Gasteiger partial charge on any atom is 0.232 e. The fourth-order valence-corrected chi connectivity index (χ4v) is 1.82. The van der Waals surface area contributed by atoms with Crippen LogP contribution in [0.25, 0.3) is 0 Å². The Balaban J connectivity index is 2.21. The molecule has 0 bridgehead atoms. The van der Waals surface area contributed by atoms with E-state index in [1.807, 2.05) is 0 Å². The molecule has 0 radical (unpaired) electrons. The van der Waals surface area contributed by atoms with Crippen molar-refractivity contribution in [2.45, 2.75) is 39.0 Å². The van der Waals surface area contributed by atoms with Crippen molar-refractivity contribution in [3.8, 4) is 0 Å². The monoisotopic (exact) mass is 213 g/mol. The number of aliphatic hydroxyl groups excluding tert-OH is 1. The topological polar surface area (TPSA) is 57.6 Å². The van der Waals surface area contributed by atoms with Crippen LogP contribution in [0.4, 0.5) is 0 Å². The second-order valence-electron chi connectivity index (χ2n) is 4.13. The minimum Gasteiger partial charge on any atom is -0.396 e. The summed E-state index contributed by atoms with van der Waals surface area (Å²) in [5.74, 6) is -0.188. The number of carbonyl (C=O) groups excluding carboxylic acids is 2. The van der Waals surface area contributed by atoms with Gasteiger partial charge in [0.25, 0.3) is 0 Å². The summed E-state index contributed by atoms with van der Waals surface area (Å²) in [4.78, 5) is 24.3. The van der Waals surface area contributed by atoms with Gasteiger partial charge in [0, 0.05) is 25.5 Å². The van der Waals surface area contributed by atoms with E-state index in [2.05, 4.69) is 0 Å². The molecule has 1 N–H and O–H groups in total. The maximum absolute atomic E-state index is 11.5. The molecular formula is C11H19NO3. The Kier molecular flexibility index (Phi) is 4.75. The first kappa shape index (κ1) is 12.2. The first-order chi connectivity index (χ1) is 7.16. The Morgan fingerprint density at radius 2 is 1.93 bits per heavy atom. The molecule has 1 saturated heterocycles. The molecule has 0 spiro atoms. The highest BCUT2D eigenvalue weighted by Gasteiger charge is 2.34. The highest BCUT2D eigenvalue weighted by atomic mass is 16.3. The van der Waals surface area contributed by atoms with E-state index in [-0.39, 0.29) is 24.3 Å². The van der Waals surface area contributed by atoms with Crippen LogP contribution >= 0.6 is 0 Å². The van der Waals surface area contributed by atoms with Crippen molar-refractivity contribution in [2.24, 2.45) is 5.92 Å². The van der Waals surface area contributed by atoms with Crippen LogP contribution in [-0.2, 0) is 9.59 Å². The lowest BCUT2D eigenvalue weighted by Gasteiger charge is -2.13. The van der Waals surface area contributed by atoms with Crippen molar-refractivity contribution >= 4 is 11.8 Å². The molecule has 1 rings (SSSR count). The van der Waals surface area contributed by atoms with Crippen LogP contribution in [0.1, 0.15) is 39.0 Å². The summed E-state index contributed by atoms with van der Waals surface area (Å²) in [5.41, 5.74) is 0. The fourth-order valence-electron chi connectivity index (χ4n) is 1.82. The van der Waals surface area contributed by atoms with E-state index in [4.69, 9.17) is 5.11 Å². The molecular weight excluding hydrogens is 194 g/mol. The first-order valence-corrected chi connectivity index (χ1v) is 5.62. The molecule has 1 heterocycles. The number of amides is 2. The largest absolute Gasteiger partial charge is 0.396 e. The van der Waals surface area contributed by atoms with Gasteiger partial charge in [0.05, 0.1) is 0 Å². The van der Waals surface area contributed by atoms with Gasteiger partial charge in [0.2, 0.25) is 11.8 Å². The van der Waals surface area contributed by atoms with E-state index in [1.165, 1.54) is 4.90 Å². The van der Waals surface area contributed by atoms with E-state index in [0.29, 0.717) is 13.0 Å². The number of aliphatic hydroxyl groups is 1. The lowest BCUT2D eigenvalue weighted by atomic mass is 10.1. The zero-order chi connectivity index (χ0) is 11.3. The minimum absolute atomic E-state index is 0.0258. The van der Waals surface area contributed by atoms with Gasteiger partial charge in [-0.05, 0) is 12.8 Å². The van der Waals surface area contributed by atoms with Crippen LogP contribution in [0.15, 0.2) is 0 Å². The third kappa shape index (κ3) is 3.30. The minimum atomic E-state index is -0.130. The summed E-state index contributed by atoms with van der Waals surface area (Å²) in [7, 11) is 0. The van der Waals surface area contributed by atoms with Crippen molar-refractivity contribution < 1.29 is 14.7 Å². The van der Waals surface area contributed by atoms with Gasteiger partial charge < -0.3 is 5.11 Å². The number of carbonyl (C=O) groups is 2. The molecule has 0 aromatic heterocycles. The summed E-state index contributed by atoms with van der Waals surface area (Å²) >= 11 is 0. The molecule has 2 amide bonds. The molecule has 0 aromatic rings. The van der Waals surface area contributed by atoms with E-state index >= 15 is 0 Å². The fraction of sp³-hybridized carbons (Fsp3) is 0.818. The molecule has 86 valence electrons.